The standard InChI is InChI=1S/C17H24BrNO/c1-13-10-19(12-16(9-18)20-13)11-15-7-4-6-14-5-2-3-8-17(14)15/h2-3,5,8,13,15-16H,4,6-7,9-12H2,1H3. The highest BCUT2D eigenvalue weighted by Crippen LogP contribution is 2.32. The zero-order valence-electron chi connectivity index (χ0n) is 12.2. The monoisotopic (exact) mass is 337 g/mol. The molecule has 0 N–H and O–H groups in total. The summed E-state index contributed by atoms with van der Waals surface area (Å²) in [4.78, 5) is 2.60. The van der Waals surface area contributed by atoms with Gasteiger partial charge in [0.2, 0.25) is 0 Å². The number of alkyl halides is 1. The van der Waals surface area contributed by atoms with Crippen LogP contribution in [0.1, 0.15) is 36.8 Å². The van der Waals surface area contributed by atoms with Gasteiger partial charge in [-0.15, -0.1) is 0 Å². The van der Waals surface area contributed by atoms with Crippen LogP contribution in [0.4, 0.5) is 0 Å². The minimum Gasteiger partial charge on any atom is -0.372 e. The van der Waals surface area contributed by atoms with Gasteiger partial charge >= 0.3 is 0 Å². The van der Waals surface area contributed by atoms with Crippen molar-refractivity contribution in [2.45, 2.75) is 44.3 Å². The molecule has 3 heteroatoms. The largest absolute Gasteiger partial charge is 0.372 e. The summed E-state index contributed by atoms with van der Waals surface area (Å²) in [5, 5.41) is 0.940. The first-order valence-electron chi connectivity index (χ1n) is 7.78. The molecule has 2 aliphatic rings. The van der Waals surface area contributed by atoms with Crippen molar-refractivity contribution in [3.05, 3.63) is 35.4 Å². The molecule has 3 rings (SSSR count). The van der Waals surface area contributed by atoms with E-state index in [1.807, 2.05) is 0 Å². The number of ether oxygens (including phenoxy) is 1. The van der Waals surface area contributed by atoms with E-state index >= 15 is 0 Å². The summed E-state index contributed by atoms with van der Waals surface area (Å²) in [5.41, 5.74) is 3.16. The molecule has 1 aromatic rings. The molecular weight excluding hydrogens is 314 g/mol. The van der Waals surface area contributed by atoms with Gasteiger partial charge in [-0.05, 0) is 43.2 Å². The Hall–Kier alpha value is -0.380. The van der Waals surface area contributed by atoms with E-state index in [0.29, 0.717) is 18.1 Å². The van der Waals surface area contributed by atoms with E-state index in [4.69, 9.17) is 4.74 Å². The first-order chi connectivity index (χ1) is 9.76. The Balaban J connectivity index is 1.69. The van der Waals surface area contributed by atoms with Crippen LogP contribution in [-0.4, -0.2) is 42.1 Å². The van der Waals surface area contributed by atoms with Crippen molar-refractivity contribution in [2.24, 2.45) is 0 Å². The van der Waals surface area contributed by atoms with Crippen molar-refractivity contribution in [1.82, 2.24) is 4.90 Å². The van der Waals surface area contributed by atoms with Crippen molar-refractivity contribution in [1.29, 1.82) is 0 Å². The lowest BCUT2D eigenvalue weighted by Gasteiger charge is -2.39. The smallest absolute Gasteiger partial charge is 0.0802 e. The Bertz CT molecular complexity index is 450. The van der Waals surface area contributed by atoms with Crippen molar-refractivity contribution in [3.8, 4) is 0 Å². The third kappa shape index (κ3) is 3.26. The fourth-order valence-corrected chi connectivity index (χ4v) is 4.09. The number of morpholine rings is 1. The van der Waals surface area contributed by atoms with Gasteiger partial charge in [-0.25, -0.2) is 0 Å². The molecule has 1 aliphatic carbocycles. The van der Waals surface area contributed by atoms with Gasteiger partial charge in [0.15, 0.2) is 0 Å². The summed E-state index contributed by atoms with van der Waals surface area (Å²) in [6.45, 7) is 5.52. The molecule has 0 radical (unpaired) electrons. The van der Waals surface area contributed by atoms with Crippen LogP contribution in [0.25, 0.3) is 0 Å². The molecule has 1 aliphatic heterocycles. The number of benzene rings is 1. The minimum absolute atomic E-state index is 0.345. The zero-order valence-corrected chi connectivity index (χ0v) is 13.8. The second kappa shape index (κ2) is 6.59. The molecule has 1 aromatic carbocycles. The highest BCUT2D eigenvalue weighted by molar-refractivity contribution is 9.09. The van der Waals surface area contributed by atoms with E-state index in [0.717, 1.165) is 18.4 Å². The molecule has 0 bridgehead atoms. The predicted octanol–water partition coefficient (Wildman–Crippen LogP) is 3.59. The Morgan fingerprint density at radius 2 is 2.15 bits per heavy atom. The van der Waals surface area contributed by atoms with Crippen molar-refractivity contribution < 1.29 is 4.74 Å². The van der Waals surface area contributed by atoms with Gasteiger partial charge in [0, 0.05) is 25.0 Å². The summed E-state index contributed by atoms with van der Waals surface area (Å²) in [6, 6.07) is 9.02. The number of fused-ring (bicyclic) bond motifs is 1. The highest BCUT2D eigenvalue weighted by atomic mass is 79.9. The third-order valence-corrected chi connectivity index (χ3v) is 5.27. The maximum atomic E-state index is 5.94. The van der Waals surface area contributed by atoms with Gasteiger partial charge in [-0.2, -0.15) is 0 Å². The summed E-state index contributed by atoms with van der Waals surface area (Å²) in [6.07, 6.45) is 4.63. The molecule has 1 heterocycles. The summed E-state index contributed by atoms with van der Waals surface area (Å²) in [7, 11) is 0. The molecule has 3 unspecified atom stereocenters. The quantitative estimate of drug-likeness (QED) is 0.781. The van der Waals surface area contributed by atoms with Crippen molar-refractivity contribution in [3.63, 3.8) is 0 Å². The second-order valence-corrected chi connectivity index (χ2v) is 6.88. The molecule has 0 saturated carbocycles. The molecular formula is C17H24BrNO. The molecule has 0 spiro atoms. The Labute approximate surface area is 130 Å². The van der Waals surface area contributed by atoms with Crippen LogP contribution in [0.3, 0.4) is 0 Å². The normalized spacial score (nSPS) is 31.0. The molecule has 110 valence electrons. The second-order valence-electron chi connectivity index (χ2n) is 6.23. The molecule has 0 aromatic heterocycles. The Morgan fingerprint density at radius 3 is 3.00 bits per heavy atom. The van der Waals surface area contributed by atoms with E-state index in [1.165, 1.54) is 25.8 Å². The first-order valence-corrected chi connectivity index (χ1v) is 8.90. The van der Waals surface area contributed by atoms with Crippen LogP contribution in [-0.2, 0) is 11.2 Å². The van der Waals surface area contributed by atoms with E-state index in [1.54, 1.807) is 11.1 Å². The summed E-state index contributed by atoms with van der Waals surface area (Å²) in [5.74, 6) is 0.709. The first kappa shape index (κ1) is 14.6. The average Bonchev–Trinajstić information content (AvgIpc) is 2.47. The van der Waals surface area contributed by atoms with Gasteiger partial charge in [0.25, 0.3) is 0 Å². The Kier molecular flexibility index (Phi) is 4.79. The van der Waals surface area contributed by atoms with E-state index in [9.17, 15) is 0 Å². The van der Waals surface area contributed by atoms with Crippen LogP contribution < -0.4 is 0 Å². The molecule has 1 saturated heterocycles. The maximum Gasteiger partial charge on any atom is 0.0802 e. The van der Waals surface area contributed by atoms with Crippen LogP contribution in [0, 0.1) is 0 Å². The number of hydrogen-bond acceptors (Lipinski definition) is 2. The van der Waals surface area contributed by atoms with Gasteiger partial charge < -0.3 is 4.74 Å². The summed E-state index contributed by atoms with van der Waals surface area (Å²) >= 11 is 3.57. The lowest BCUT2D eigenvalue weighted by molar-refractivity contribution is -0.0669. The SMILES string of the molecule is CC1CN(CC2CCCc3ccccc32)CC(CBr)O1. The fourth-order valence-electron chi connectivity index (χ4n) is 3.73. The number of nitrogens with zero attached hydrogens (tertiary/aromatic N) is 1. The van der Waals surface area contributed by atoms with Crippen LogP contribution in [0.5, 0.6) is 0 Å². The maximum absolute atomic E-state index is 5.94. The van der Waals surface area contributed by atoms with Gasteiger partial charge in [-0.3, -0.25) is 4.90 Å². The van der Waals surface area contributed by atoms with Crippen molar-refractivity contribution >= 4 is 15.9 Å². The van der Waals surface area contributed by atoms with E-state index in [2.05, 4.69) is 52.0 Å². The Morgan fingerprint density at radius 1 is 1.30 bits per heavy atom. The lowest BCUT2D eigenvalue weighted by atomic mass is 9.82. The lowest BCUT2D eigenvalue weighted by Crippen LogP contribution is -2.48. The number of rotatable bonds is 3. The molecule has 20 heavy (non-hydrogen) atoms. The molecule has 1 fully saturated rings. The van der Waals surface area contributed by atoms with Crippen LogP contribution in [0.15, 0.2) is 24.3 Å². The topological polar surface area (TPSA) is 12.5 Å². The molecule has 2 nitrogen and oxygen atoms in total. The summed E-state index contributed by atoms with van der Waals surface area (Å²) < 4.78 is 5.94. The van der Waals surface area contributed by atoms with Crippen LogP contribution in [0.2, 0.25) is 0 Å². The van der Waals surface area contributed by atoms with Gasteiger partial charge in [0.1, 0.15) is 0 Å². The van der Waals surface area contributed by atoms with Crippen molar-refractivity contribution in [2.75, 3.05) is 25.0 Å². The number of hydrogen-bond donors (Lipinski definition) is 0. The average molecular weight is 338 g/mol. The van der Waals surface area contributed by atoms with E-state index in [-0.39, 0.29) is 0 Å². The van der Waals surface area contributed by atoms with Gasteiger partial charge in [-0.1, -0.05) is 40.2 Å². The van der Waals surface area contributed by atoms with Gasteiger partial charge in [0.05, 0.1) is 12.2 Å². The zero-order chi connectivity index (χ0) is 13.9. The highest BCUT2D eigenvalue weighted by Gasteiger charge is 2.28. The predicted molar refractivity (Wildman–Crippen MR) is 86.7 cm³/mol. The molecule has 3 atom stereocenters. The molecule has 0 amide bonds. The van der Waals surface area contributed by atoms with Crippen LogP contribution >= 0.6 is 15.9 Å². The third-order valence-electron chi connectivity index (χ3n) is 4.55. The van der Waals surface area contributed by atoms with E-state index < -0.39 is 0 Å². The number of aryl methyl sites for hydroxylation is 1. The number of halogens is 1. The fraction of sp³-hybridized carbons (Fsp3) is 0.647. The minimum atomic E-state index is 0.345.